The minimum Gasteiger partial charge on any atom is -0.310 e. The van der Waals surface area contributed by atoms with Crippen molar-refractivity contribution in [2.45, 2.75) is 46.7 Å². The van der Waals surface area contributed by atoms with Crippen molar-refractivity contribution in [3.8, 4) is 10.6 Å². The molecule has 0 aliphatic heterocycles. The lowest BCUT2D eigenvalue weighted by Gasteiger charge is -2.05. The van der Waals surface area contributed by atoms with Crippen molar-refractivity contribution in [2.24, 2.45) is 0 Å². The number of aromatic nitrogens is 1. The zero-order valence-corrected chi connectivity index (χ0v) is 13.0. The van der Waals surface area contributed by atoms with Gasteiger partial charge in [0.1, 0.15) is 5.01 Å². The first-order valence-corrected chi connectivity index (χ1v) is 7.70. The third kappa shape index (κ3) is 3.64. The van der Waals surface area contributed by atoms with Crippen molar-refractivity contribution < 1.29 is 0 Å². The Morgan fingerprint density at radius 1 is 1.21 bits per heavy atom. The fraction of sp³-hybridized carbons (Fsp3) is 0.438. The van der Waals surface area contributed by atoms with Crippen LogP contribution in [0.5, 0.6) is 0 Å². The SMILES string of the molecule is CCc1ccc(-c2nc(C)c(CNC(C)C)s2)cc1. The zero-order valence-electron chi connectivity index (χ0n) is 12.2. The maximum atomic E-state index is 4.69. The van der Waals surface area contributed by atoms with Crippen LogP contribution in [-0.4, -0.2) is 11.0 Å². The van der Waals surface area contributed by atoms with Gasteiger partial charge in [-0.3, -0.25) is 0 Å². The second-order valence-electron chi connectivity index (χ2n) is 5.11. The van der Waals surface area contributed by atoms with Crippen molar-refractivity contribution in [3.05, 3.63) is 40.4 Å². The largest absolute Gasteiger partial charge is 0.310 e. The molecule has 0 aliphatic rings. The molecule has 3 heteroatoms. The maximum absolute atomic E-state index is 4.69. The number of aryl methyl sites for hydroxylation is 2. The zero-order chi connectivity index (χ0) is 13.8. The summed E-state index contributed by atoms with van der Waals surface area (Å²) in [7, 11) is 0. The van der Waals surface area contributed by atoms with E-state index in [0.717, 1.165) is 23.7 Å². The summed E-state index contributed by atoms with van der Waals surface area (Å²) in [6.45, 7) is 9.52. The fourth-order valence-electron chi connectivity index (χ4n) is 1.90. The van der Waals surface area contributed by atoms with Gasteiger partial charge in [-0.25, -0.2) is 4.98 Å². The average molecular weight is 274 g/mol. The molecule has 0 aliphatic carbocycles. The van der Waals surface area contributed by atoms with Crippen LogP contribution in [0.2, 0.25) is 0 Å². The lowest BCUT2D eigenvalue weighted by atomic mass is 10.1. The topological polar surface area (TPSA) is 24.9 Å². The normalized spacial score (nSPS) is 11.2. The number of thiazole rings is 1. The molecule has 0 saturated carbocycles. The van der Waals surface area contributed by atoms with Crippen LogP contribution < -0.4 is 5.32 Å². The Bertz CT molecular complexity index is 526. The highest BCUT2D eigenvalue weighted by Gasteiger charge is 2.09. The van der Waals surface area contributed by atoms with E-state index in [9.17, 15) is 0 Å². The van der Waals surface area contributed by atoms with E-state index in [1.54, 1.807) is 11.3 Å². The Morgan fingerprint density at radius 3 is 2.47 bits per heavy atom. The van der Waals surface area contributed by atoms with Crippen LogP contribution in [0.25, 0.3) is 10.6 Å². The summed E-state index contributed by atoms with van der Waals surface area (Å²) < 4.78 is 0. The van der Waals surface area contributed by atoms with E-state index in [2.05, 4.69) is 57.3 Å². The first kappa shape index (κ1) is 14.2. The van der Waals surface area contributed by atoms with Crippen molar-refractivity contribution in [1.29, 1.82) is 0 Å². The molecule has 1 heterocycles. The van der Waals surface area contributed by atoms with Crippen molar-refractivity contribution in [3.63, 3.8) is 0 Å². The summed E-state index contributed by atoms with van der Waals surface area (Å²) in [5.74, 6) is 0. The Hall–Kier alpha value is -1.19. The molecule has 2 rings (SSSR count). The second-order valence-corrected chi connectivity index (χ2v) is 6.20. The van der Waals surface area contributed by atoms with Gasteiger partial charge in [0.25, 0.3) is 0 Å². The van der Waals surface area contributed by atoms with Gasteiger partial charge in [0.15, 0.2) is 0 Å². The fourth-order valence-corrected chi connectivity index (χ4v) is 2.91. The van der Waals surface area contributed by atoms with Crippen molar-refractivity contribution >= 4 is 11.3 Å². The van der Waals surface area contributed by atoms with Gasteiger partial charge in [0, 0.05) is 23.0 Å². The monoisotopic (exact) mass is 274 g/mol. The molecule has 0 spiro atoms. The predicted molar refractivity (Wildman–Crippen MR) is 83.6 cm³/mol. The van der Waals surface area contributed by atoms with Crippen LogP contribution in [0.1, 0.15) is 36.9 Å². The smallest absolute Gasteiger partial charge is 0.123 e. The second kappa shape index (κ2) is 6.31. The summed E-state index contributed by atoms with van der Waals surface area (Å²) in [5.41, 5.74) is 3.74. The van der Waals surface area contributed by atoms with E-state index in [-0.39, 0.29) is 0 Å². The molecule has 0 atom stereocenters. The lowest BCUT2D eigenvalue weighted by molar-refractivity contribution is 0.591. The lowest BCUT2D eigenvalue weighted by Crippen LogP contribution is -2.21. The molecular formula is C16H22N2S. The Balaban J connectivity index is 2.18. The Morgan fingerprint density at radius 2 is 1.89 bits per heavy atom. The van der Waals surface area contributed by atoms with Crippen molar-refractivity contribution in [1.82, 2.24) is 10.3 Å². The molecule has 2 aromatic rings. The standard InChI is InChI=1S/C16H22N2S/c1-5-13-6-8-14(9-7-13)16-18-12(4)15(19-16)10-17-11(2)3/h6-9,11,17H,5,10H2,1-4H3. The number of hydrogen-bond acceptors (Lipinski definition) is 3. The molecule has 2 nitrogen and oxygen atoms in total. The van der Waals surface area contributed by atoms with E-state index < -0.39 is 0 Å². The first-order chi connectivity index (χ1) is 9.10. The van der Waals surface area contributed by atoms with Crippen LogP contribution in [0.15, 0.2) is 24.3 Å². The quantitative estimate of drug-likeness (QED) is 0.884. The summed E-state index contributed by atoms with van der Waals surface area (Å²) in [6, 6.07) is 9.25. The summed E-state index contributed by atoms with van der Waals surface area (Å²) in [6.07, 6.45) is 1.08. The van der Waals surface area contributed by atoms with E-state index in [0.29, 0.717) is 6.04 Å². The van der Waals surface area contributed by atoms with Gasteiger partial charge in [0.05, 0.1) is 5.69 Å². The third-order valence-electron chi connectivity index (χ3n) is 3.17. The molecule has 102 valence electrons. The summed E-state index contributed by atoms with van der Waals surface area (Å²) in [5, 5.41) is 4.58. The van der Waals surface area contributed by atoms with E-state index in [1.807, 2.05) is 0 Å². The van der Waals surface area contributed by atoms with Crippen LogP contribution >= 0.6 is 11.3 Å². The Labute approximate surface area is 119 Å². The molecule has 0 unspecified atom stereocenters. The molecule has 1 N–H and O–H groups in total. The van der Waals surface area contributed by atoms with Crippen LogP contribution in [0.4, 0.5) is 0 Å². The highest BCUT2D eigenvalue weighted by atomic mass is 32.1. The van der Waals surface area contributed by atoms with Gasteiger partial charge in [-0.2, -0.15) is 0 Å². The number of rotatable bonds is 5. The van der Waals surface area contributed by atoms with Gasteiger partial charge in [0.2, 0.25) is 0 Å². The first-order valence-electron chi connectivity index (χ1n) is 6.89. The van der Waals surface area contributed by atoms with Gasteiger partial charge in [-0.1, -0.05) is 45.0 Å². The maximum Gasteiger partial charge on any atom is 0.123 e. The molecule has 0 radical (unpaired) electrons. The van der Waals surface area contributed by atoms with Gasteiger partial charge in [-0.15, -0.1) is 11.3 Å². The van der Waals surface area contributed by atoms with E-state index in [4.69, 9.17) is 4.98 Å². The summed E-state index contributed by atoms with van der Waals surface area (Å²) in [4.78, 5) is 6.03. The Kier molecular flexibility index (Phi) is 4.72. The summed E-state index contributed by atoms with van der Waals surface area (Å²) >= 11 is 1.79. The number of nitrogens with one attached hydrogen (secondary N) is 1. The molecule has 1 aromatic heterocycles. The van der Waals surface area contributed by atoms with Gasteiger partial charge < -0.3 is 5.32 Å². The molecule has 19 heavy (non-hydrogen) atoms. The highest BCUT2D eigenvalue weighted by Crippen LogP contribution is 2.28. The number of nitrogens with zero attached hydrogens (tertiary/aromatic N) is 1. The molecule has 0 fully saturated rings. The van der Waals surface area contributed by atoms with Crippen LogP contribution in [0, 0.1) is 6.92 Å². The third-order valence-corrected chi connectivity index (χ3v) is 4.38. The molecule has 0 amide bonds. The van der Waals surface area contributed by atoms with Crippen LogP contribution in [0.3, 0.4) is 0 Å². The molecule has 0 bridgehead atoms. The van der Waals surface area contributed by atoms with E-state index in [1.165, 1.54) is 16.0 Å². The van der Waals surface area contributed by atoms with E-state index >= 15 is 0 Å². The minimum atomic E-state index is 0.508. The molecular weight excluding hydrogens is 252 g/mol. The molecule has 1 aromatic carbocycles. The minimum absolute atomic E-state index is 0.508. The van der Waals surface area contributed by atoms with Gasteiger partial charge in [-0.05, 0) is 18.9 Å². The number of benzene rings is 1. The van der Waals surface area contributed by atoms with Crippen molar-refractivity contribution in [2.75, 3.05) is 0 Å². The predicted octanol–water partition coefficient (Wildman–Crippen LogP) is 4.18. The van der Waals surface area contributed by atoms with Gasteiger partial charge >= 0.3 is 0 Å². The molecule has 0 saturated heterocycles. The van der Waals surface area contributed by atoms with Crippen LogP contribution in [-0.2, 0) is 13.0 Å². The average Bonchev–Trinajstić information content (AvgIpc) is 2.78. The highest BCUT2D eigenvalue weighted by molar-refractivity contribution is 7.15. The number of hydrogen-bond donors (Lipinski definition) is 1.